The van der Waals surface area contributed by atoms with Gasteiger partial charge in [0.15, 0.2) is 0 Å². The van der Waals surface area contributed by atoms with E-state index in [2.05, 4.69) is 25.8 Å². The third kappa shape index (κ3) is 3.45. The van der Waals surface area contributed by atoms with Crippen molar-refractivity contribution in [2.45, 2.75) is 13.0 Å². The zero-order chi connectivity index (χ0) is 18.6. The molecule has 1 N–H and O–H groups in total. The second-order valence-corrected chi connectivity index (χ2v) is 6.03. The van der Waals surface area contributed by atoms with Crippen LogP contribution in [0.2, 0.25) is 0 Å². The summed E-state index contributed by atoms with van der Waals surface area (Å²) in [5.41, 5.74) is 3.15. The normalized spacial score (nSPS) is 11.9. The standard InChI is InChI=1S/C19H17N7O/c1-14(15-6-8-16(9-7-15)25-11-10-20-12-25)22-19(27)17-4-2-3-5-18(17)26-13-21-23-24-26/h2-14H,1H3,(H,22,27)/t14-/m1/s1. The van der Waals surface area contributed by atoms with Gasteiger partial charge >= 0.3 is 0 Å². The summed E-state index contributed by atoms with van der Waals surface area (Å²) in [5.74, 6) is -0.188. The zero-order valence-corrected chi connectivity index (χ0v) is 14.6. The Kier molecular flexibility index (Phi) is 4.44. The molecule has 0 radical (unpaired) electrons. The van der Waals surface area contributed by atoms with E-state index in [1.165, 1.54) is 11.0 Å². The number of rotatable bonds is 5. The number of imidazole rings is 1. The fourth-order valence-corrected chi connectivity index (χ4v) is 2.84. The predicted molar refractivity (Wildman–Crippen MR) is 98.6 cm³/mol. The summed E-state index contributed by atoms with van der Waals surface area (Å²) in [4.78, 5) is 16.8. The van der Waals surface area contributed by atoms with Gasteiger partial charge in [-0.05, 0) is 47.2 Å². The van der Waals surface area contributed by atoms with Crippen molar-refractivity contribution < 1.29 is 4.79 Å². The number of carbonyl (C=O) groups is 1. The van der Waals surface area contributed by atoms with Crippen molar-refractivity contribution >= 4 is 5.91 Å². The van der Waals surface area contributed by atoms with Gasteiger partial charge in [0, 0.05) is 18.1 Å². The van der Waals surface area contributed by atoms with Crippen LogP contribution in [0.3, 0.4) is 0 Å². The quantitative estimate of drug-likeness (QED) is 0.591. The number of nitrogens with zero attached hydrogens (tertiary/aromatic N) is 6. The molecule has 2 aromatic carbocycles. The average molecular weight is 359 g/mol. The molecule has 0 unspecified atom stereocenters. The molecule has 0 aliphatic rings. The first-order valence-electron chi connectivity index (χ1n) is 8.44. The highest BCUT2D eigenvalue weighted by Crippen LogP contribution is 2.18. The highest BCUT2D eigenvalue weighted by molar-refractivity contribution is 5.97. The van der Waals surface area contributed by atoms with E-state index >= 15 is 0 Å². The van der Waals surface area contributed by atoms with Crippen LogP contribution in [0.1, 0.15) is 28.9 Å². The van der Waals surface area contributed by atoms with E-state index < -0.39 is 0 Å². The minimum atomic E-state index is -0.188. The SMILES string of the molecule is C[C@@H](NC(=O)c1ccccc1-n1cnnn1)c1ccc(-n2ccnc2)cc1. The number of para-hydroxylation sites is 1. The molecule has 2 heterocycles. The number of hydrogen-bond acceptors (Lipinski definition) is 5. The lowest BCUT2D eigenvalue weighted by Crippen LogP contribution is -2.27. The monoisotopic (exact) mass is 359 g/mol. The molecule has 0 fully saturated rings. The maximum absolute atomic E-state index is 12.8. The van der Waals surface area contributed by atoms with E-state index in [1.807, 2.05) is 54.1 Å². The lowest BCUT2D eigenvalue weighted by molar-refractivity contribution is 0.0939. The Hall–Kier alpha value is -3.81. The topological polar surface area (TPSA) is 90.5 Å². The Labute approximate surface area is 155 Å². The van der Waals surface area contributed by atoms with E-state index in [4.69, 9.17) is 0 Å². The summed E-state index contributed by atoms with van der Waals surface area (Å²) in [6.07, 6.45) is 6.83. The third-order valence-corrected chi connectivity index (χ3v) is 4.29. The molecule has 0 spiro atoms. The van der Waals surface area contributed by atoms with Crippen molar-refractivity contribution in [2.75, 3.05) is 0 Å². The van der Waals surface area contributed by atoms with Crippen LogP contribution in [0.4, 0.5) is 0 Å². The highest BCUT2D eigenvalue weighted by atomic mass is 16.1. The lowest BCUT2D eigenvalue weighted by Gasteiger charge is -2.16. The average Bonchev–Trinajstić information content (AvgIpc) is 3.42. The molecule has 0 aliphatic carbocycles. The Morgan fingerprint density at radius 1 is 1.07 bits per heavy atom. The molecule has 134 valence electrons. The van der Waals surface area contributed by atoms with E-state index in [0.717, 1.165) is 11.3 Å². The van der Waals surface area contributed by atoms with Gasteiger partial charge in [0.2, 0.25) is 0 Å². The first-order valence-corrected chi connectivity index (χ1v) is 8.44. The number of tetrazole rings is 1. The second-order valence-electron chi connectivity index (χ2n) is 6.03. The largest absolute Gasteiger partial charge is 0.345 e. The minimum Gasteiger partial charge on any atom is -0.345 e. The van der Waals surface area contributed by atoms with Gasteiger partial charge in [-0.25, -0.2) is 4.98 Å². The summed E-state index contributed by atoms with van der Waals surface area (Å²) >= 11 is 0. The molecule has 8 nitrogen and oxygen atoms in total. The van der Waals surface area contributed by atoms with Crippen LogP contribution >= 0.6 is 0 Å². The van der Waals surface area contributed by atoms with Gasteiger partial charge in [0.1, 0.15) is 6.33 Å². The molecule has 4 aromatic rings. The Bertz CT molecular complexity index is 1020. The van der Waals surface area contributed by atoms with E-state index in [-0.39, 0.29) is 11.9 Å². The molecule has 0 bridgehead atoms. The van der Waals surface area contributed by atoms with Gasteiger partial charge in [0.25, 0.3) is 5.91 Å². The van der Waals surface area contributed by atoms with Crippen molar-refractivity contribution in [1.82, 2.24) is 35.1 Å². The lowest BCUT2D eigenvalue weighted by atomic mass is 10.1. The van der Waals surface area contributed by atoms with E-state index in [9.17, 15) is 4.79 Å². The van der Waals surface area contributed by atoms with Crippen LogP contribution in [0.25, 0.3) is 11.4 Å². The second kappa shape index (κ2) is 7.20. The van der Waals surface area contributed by atoms with Crippen LogP contribution in [0.5, 0.6) is 0 Å². The maximum atomic E-state index is 12.8. The molecule has 2 aromatic heterocycles. The van der Waals surface area contributed by atoms with Gasteiger partial charge in [-0.15, -0.1) is 5.10 Å². The molecule has 8 heteroatoms. The first-order chi connectivity index (χ1) is 13.2. The maximum Gasteiger partial charge on any atom is 0.253 e. The Balaban J connectivity index is 1.52. The van der Waals surface area contributed by atoms with Gasteiger partial charge in [-0.1, -0.05) is 24.3 Å². The number of benzene rings is 2. The molecule has 4 rings (SSSR count). The van der Waals surface area contributed by atoms with Crippen LogP contribution < -0.4 is 5.32 Å². The Morgan fingerprint density at radius 3 is 2.59 bits per heavy atom. The van der Waals surface area contributed by atoms with Gasteiger partial charge in [0.05, 0.1) is 23.6 Å². The van der Waals surface area contributed by atoms with E-state index in [1.54, 1.807) is 24.7 Å². The summed E-state index contributed by atoms with van der Waals surface area (Å²) < 4.78 is 3.40. The predicted octanol–water partition coefficient (Wildman–Crippen LogP) is 2.34. The highest BCUT2D eigenvalue weighted by Gasteiger charge is 2.16. The molecule has 27 heavy (non-hydrogen) atoms. The smallest absolute Gasteiger partial charge is 0.253 e. The van der Waals surface area contributed by atoms with Crippen LogP contribution in [0.15, 0.2) is 73.6 Å². The van der Waals surface area contributed by atoms with Crippen molar-refractivity contribution in [3.63, 3.8) is 0 Å². The van der Waals surface area contributed by atoms with Crippen molar-refractivity contribution in [2.24, 2.45) is 0 Å². The molecular weight excluding hydrogens is 342 g/mol. The number of amides is 1. The third-order valence-electron chi connectivity index (χ3n) is 4.29. The molecule has 1 atom stereocenters. The van der Waals surface area contributed by atoms with E-state index in [0.29, 0.717) is 11.3 Å². The number of aromatic nitrogens is 6. The zero-order valence-electron chi connectivity index (χ0n) is 14.6. The van der Waals surface area contributed by atoms with Crippen LogP contribution in [0, 0.1) is 0 Å². The van der Waals surface area contributed by atoms with Crippen molar-refractivity contribution in [3.05, 3.63) is 84.7 Å². The fourth-order valence-electron chi connectivity index (χ4n) is 2.84. The molecular formula is C19H17N7O. The van der Waals surface area contributed by atoms with Crippen LogP contribution in [-0.4, -0.2) is 35.7 Å². The number of hydrogen-bond donors (Lipinski definition) is 1. The van der Waals surface area contributed by atoms with Gasteiger partial charge in [-0.3, -0.25) is 4.79 Å². The van der Waals surface area contributed by atoms with Crippen LogP contribution in [-0.2, 0) is 0 Å². The summed E-state index contributed by atoms with van der Waals surface area (Å²) in [6.45, 7) is 1.95. The summed E-state index contributed by atoms with van der Waals surface area (Å²) in [6, 6.07) is 15.0. The molecule has 0 aliphatic heterocycles. The first kappa shape index (κ1) is 16.6. The van der Waals surface area contributed by atoms with Gasteiger partial charge < -0.3 is 9.88 Å². The molecule has 1 amide bonds. The number of carbonyl (C=O) groups excluding carboxylic acids is 1. The fraction of sp³-hybridized carbons (Fsp3) is 0.105. The molecule has 0 saturated carbocycles. The number of nitrogens with one attached hydrogen (secondary N) is 1. The summed E-state index contributed by atoms with van der Waals surface area (Å²) in [5, 5.41) is 14.2. The van der Waals surface area contributed by atoms with Crippen molar-refractivity contribution in [3.8, 4) is 11.4 Å². The molecule has 0 saturated heterocycles. The Morgan fingerprint density at radius 2 is 1.89 bits per heavy atom. The van der Waals surface area contributed by atoms with Crippen molar-refractivity contribution in [1.29, 1.82) is 0 Å². The van der Waals surface area contributed by atoms with Gasteiger partial charge in [-0.2, -0.15) is 4.68 Å². The summed E-state index contributed by atoms with van der Waals surface area (Å²) in [7, 11) is 0. The minimum absolute atomic E-state index is 0.156.